The van der Waals surface area contributed by atoms with Crippen LogP contribution in [0.4, 0.5) is 0 Å². The molecular weight excluding hydrogens is 547 g/mol. The molecule has 0 amide bonds. The zero-order valence-corrected chi connectivity index (χ0v) is 25.2. The van der Waals surface area contributed by atoms with E-state index >= 15 is 0 Å². The van der Waals surface area contributed by atoms with Crippen molar-refractivity contribution in [2.45, 2.75) is 23.8 Å². The molecule has 0 N–H and O–H groups in total. The van der Waals surface area contributed by atoms with Gasteiger partial charge in [0.15, 0.2) is 0 Å². The minimum absolute atomic E-state index is 0.361. The summed E-state index contributed by atoms with van der Waals surface area (Å²) in [6, 6.07) is 47.9. The fourth-order valence-electron chi connectivity index (χ4n) is 6.48. The van der Waals surface area contributed by atoms with Crippen LogP contribution in [-0.2, 0) is 25.6 Å². The van der Waals surface area contributed by atoms with Crippen LogP contribution in [-0.4, -0.2) is 32.1 Å². The molecule has 0 saturated carbocycles. The van der Waals surface area contributed by atoms with Gasteiger partial charge in [-0.3, -0.25) is 4.90 Å². The van der Waals surface area contributed by atoms with Crippen LogP contribution in [0, 0.1) is 0 Å². The van der Waals surface area contributed by atoms with Crippen molar-refractivity contribution in [1.29, 1.82) is 0 Å². The highest BCUT2D eigenvalue weighted by atomic mass is 32.2. The van der Waals surface area contributed by atoms with Gasteiger partial charge in [-0.2, -0.15) is 0 Å². The third-order valence-corrected chi connectivity index (χ3v) is 9.85. The molecule has 4 nitrogen and oxygen atoms in total. The second kappa shape index (κ2) is 12.1. The van der Waals surface area contributed by atoms with Gasteiger partial charge in [-0.25, -0.2) is 4.98 Å². The van der Waals surface area contributed by atoms with E-state index in [9.17, 15) is 0 Å². The fourth-order valence-corrected chi connectivity index (χ4v) is 7.77. The number of rotatable bonds is 9. The molecule has 3 heterocycles. The lowest BCUT2D eigenvalue weighted by Crippen LogP contribution is -2.47. The van der Waals surface area contributed by atoms with E-state index in [1.165, 1.54) is 22.3 Å². The van der Waals surface area contributed by atoms with Crippen LogP contribution in [0.2, 0.25) is 0 Å². The van der Waals surface area contributed by atoms with E-state index in [0.29, 0.717) is 11.9 Å². The maximum Gasteiger partial charge on any atom is 0.139 e. The van der Waals surface area contributed by atoms with Gasteiger partial charge in [0.05, 0.1) is 11.2 Å². The average molecular weight is 582 g/mol. The largest absolute Gasteiger partial charge is 0.487 e. The third-order valence-electron chi connectivity index (χ3n) is 8.60. The molecule has 2 aromatic heterocycles. The molecule has 214 valence electrons. The van der Waals surface area contributed by atoms with Crippen molar-refractivity contribution >= 4 is 22.8 Å². The molecule has 1 atom stereocenters. The summed E-state index contributed by atoms with van der Waals surface area (Å²) in [5.41, 5.74) is 6.98. The van der Waals surface area contributed by atoms with Crippen molar-refractivity contribution in [2.75, 3.05) is 12.4 Å². The van der Waals surface area contributed by atoms with Crippen LogP contribution in [0.1, 0.15) is 27.9 Å². The van der Waals surface area contributed by atoms with E-state index < -0.39 is 0 Å². The van der Waals surface area contributed by atoms with E-state index in [2.05, 4.69) is 154 Å². The van der Waals surface area contributed by atoms with Crippen LogP contribution in [0.15, 0.2) is 140 Å². The summed E-state index contributed by atoms with van der Waals surface area (Å²) in [4.78, 5) is 7.17. The van der Waals surface area contributed by atoms with Crippen molar-refractivity contribution in [3.8, 4) is 5.75 Å². The van der Waals surface area contributed by atoms with Gasteiger partial charge in [-0.05, 0) is 59.0 Å². The highest BCUT2D eigenvalue weighted by molar-refractivity contribution is 8.00. The first-order chi connectivity index (χ1) is 21.2. The molecule has 1 aliphatic heterocycles. The van der Waals surface area contributed by atoms with Crippen molar-refractivity contribution in [2.24, 2.45) is 7.05 Å². The van der Waals surface area contributed by atoms with Gasteiger partial charge in [0.2, 0.25) is 0 Å². The molecule has 1 fully saturated rings. The SMILES string of the molecule is Cn1c(COc2ccc(CC3CN(C(c4ccccc4)(c4ccccc4)c4ccccc4)CS3)cc2)cc2cccnc21. The van der Waals surface area contributed by atoms with Crippen LogP contribution in [0.3, 0.4) is 0 Å². The Bertz CT molecular complexity index is 1690. The fraction of sp³-hybridized carbons (Fsp3) is 0.184. The number of aryl methyl sites for hydroxylation is 1. The van der Waals surface area contributed by atoms with Crippen LogP contribution in [0.5, 0.6) is 5.75 Å². The van der Waals surface area contributed by atoms with Crippen molar-refractivity contribution in [3.05, 3.63) is 168 Å². The monoisotopic (exact) mass is 581 g/mol. The summed E-state index contributed by atoms with van der Waals surface area (Å²) in [7, 11) is 2.04. The number of fused-ring (bicyclic) bond motifs is 1. The smallest absolute Gasteiger partial charge is 0.139 e. The predicted octanol–water partition coefficient (Wildman–Crippen LogP) is 8.06. The van der Waals surface area contributed by atoms with Gasteiger partial charge in [-0.1, -0.05) is 103 Å². The molecule has 0 aliphatic carbocycles. The Labute approximate surface area is 258 Å². The lowest BCUT2D eigenvalue weighted by molar-refractivity contribution is 0.202. The molecule has 1 saturated heterocycles. The number of ether oxygens (including phenoxy) is 1. The van der Waals surface area contributed by atoms with E-state index in [-0.39, 0.29) is 5.54 Å². The maximum absolute atomic E-state index is 6.17. The summed E-state index contributed by atoms with van der Waals surface area (Å²) in [5, 5.41) is 1.63. The average Bonchev–Trinajstić information content (AvgIpc) is 3.67. The number of thioether (sulfide) groups is 1. The first kappa shape index (κ1) is 27.5. The van der Waals surface area contributed by atoms with E-state index in [0.717, 1.165) is 41.3 Å². The van der Waals surface area contributed by atoms with Gasteiger partial charge < -0.3 is 9.30 Å². The minimum atomic E-state index is -0.361. The Kier molecular flexibility index (Phi) is 7.75. The standard InChI is InChI=1S/C38H35N3OS/c1-40-34(25-30-12-11-23-39-37(30)40)27-42-35-21-19-29(20-22-35)24-36-26-41(28-43-36)38(31-13-5-2-6-14-31,32-15-7-3-8-16-32)33-17-9-4-10-18-33/h2-23,25,36H,24,26-28H2,1H3. The predicted molar refractivity (Wildman–Crippen MR) is 177 cm³/mol. The first-order valence-electron chi connectivity index (χ1n) is 14.9. The second-order valence-electron chi connectivity index (χ2n) is 11.2. The van der Waals surface area contributed by atoms with E-state index in [4.69, 9.17) is 4.74 Å². The lowest BCUT2D eigenvalue weighted by atomic mass is 9.75. The molecular formula is C38H35N3OS. The van der Waals surface area contributed by atoms with Gasteiger partial charge in [0.1, 0.15) is 18.0 Å². The number of hydrogen-bond donors (Lipinski definition) is 0. The van der Waals surface area contributed by atoms with Crippen molar-refractivity contribution < 1.29 is 4.74 Å². The second-order valence-corrected chi connectivity index (χ2v) is 12.5. The maximum atomic E-state index is 6.17. The molecule has 0 radical (unpaired) electrons. The van der Waals surface area contributed by atoms with Gasteiger partial charge in [0, 0.05) is 36.3 Å². The van der Waals surface area contributed by atoms with Crippen LogP contribution >= 0.6 is 11.8 Å². The first-order valence-corrected chi connectivity index (χ1v) is 15.9. The summed E-state index contributed by atoms with van der Waals surface area (Å²) < 4.78 is 8.28. The molecule has 5 heteroatoms. The molecule has 0 spiro atoms. The van der Waals surface area contributed by atoms with Crippen LogP contribution < -0.4 is 4.74 Å². The normalized spacial score (nSPS) is 15.6. The Morgan fingerprint density at radius 3 is 1.95 bits per heavy atom. The summed E-state index contributed by atoms with van der Waals surface area (Å²) in [5.74, 6) is 1.85. The van der Waals surface area contributed by atoms with E-state index in [1.807, 2.05) is 19.3 Å². The molecule has 1 unspecified atom stereocenters. The van der Waals surface area contributed by atoms with Gasteiger partial charge in [-0.15, -0.1) is 11.8 Å². The van der Waals surface area contributed by atoms with Crippen molar-refractivity contribution in [1.82, 2.24) is 14.5 Å². The Hall–Kier alpha value is -4.32. The highest BCUT2D eigenvalue weighted by Crippen LogP contribution is 2.46. The van der Waals surface area contributed by atoms with Gasteiger partial charge in [0.25, 0.3) is 0 Å². The molecule has 43 heavy (non-hydrogen) atoms. The third kappa shape index (κ3) is 5.35. The summed E-state index contributed by atoms with van der Waals surface area (Å²) >= 11 is 2.06. The minimum Gasteiger partial charge on any atom is -0.487 e. The number of benzene rings is 4. The molecule has 1 aliphatic rings. The quantitative estimate of drug-likeness (QED) is 0.162. The Morgan fingerprint density at radius 2 is 1.37 bits per heavy atom. The van der Waals surface area contributed by atoms with Crippen LogP contribution in [0.25, 0.3) is 11.0 Å². The summed E-state index contributed by atoms with van der Waals surface area (Å²) in [6.45, 7) is 1.51. The molecule has 6 aromatic rings. The number of pyridine rings is 1. The zero-order valence-electron chi connectivity index (χ0n) is 24.3. The number of hydrogen-bond acceptors (Lipinski definition) is 4. The molecule has 4 aromatic carbocycles. The summed E-state index contributed by atoms with van der Waals surface area (Å²) in [6.07, 6.45) is 2.85. The number of nitrogens with zero attached hydrogens (tertiary/aromatic N) is 3. The zero-order chi connectivity index (χ0) is 29.1. The highest BCUT2D eigenvalue weighted by Gasteiger charge is 2.45. The molecule has 7 rings (SSSR count). The van der Waals surface area contributed by atoms with Crippen molar-refractivity contribution in [3.63, 3.8) is 0 Å². The Morgan fingerprint density at radius 1 is 0.767 bits per heavy atom. The number of aromatic nitrogens is 2. The molecule has 0 bridgehead atoms. The topological polar surface area (TPSA) is 30.3 Å². The Balaban J connectivity index is 1.09. The lowest BCUT2D eigenvalue weighted by Gasteiger charge is -2.43. The van der Waals surface area contributed by atoms with Gasteiger partial charge >= 0.3 is 0 Å². The van der Waals surface area contributed by atoms with E-state index in [1.54, 1.807) is 0 Å².